The summed E-state index contributed by atoms with van der Waals surface area (Å²) in [5.41, 5.74) is 0.413. The van der Waals surface area contributed by atoms with Gasteiger partial charge in [0.25, 0.3) is 0 Å². The molecule has 9 heteroatoms. The van der Waals surface area contributed by atoms with Gasteiger partial charge in [0.2, 0.25) is 0 Å². The standard InChI is InChI=1S/C29H38O9/c1-18-8-10-28(16-30)23(12-18)37-24-14-22(27(28,3)29(24)17-36-29)38-25(32)7-5-4-6-21(19(2)31)34-11-9-20-13-26(33)35-15-20/h4-7,12-13,19,21-24,30-31H,8-11,14-17H2,1-3H3/b6-4+,7-5-/t19-,21-,22-,23-,24-,27-,28-,29-/m1/s1. The number of esters is 2. The number of rotatable bonds is 10. The average Bonchev–Trinajstić information content (AvgIpc) is 3.55. The van der Waals surface area contributed by atoms with Crippen LogP contribution in [0.25, 0.3) is 0 Å². The molecule has 1 spiro atoms. The van der Waals surface area contributed by atoms with Gasteiger partial charge in [-0.2, -0.15) is 0 Å². The summed E-state index contributed by atoms with van der Waals surface area (Å²) in [4.78, 5) is 24.0. The van der Waals surface area contributed by atoms with Crippen LogP contribution in [0.15, 0.2) is 47.6 Å². The molecule has 0 unspecified atom stereocenters. The van der Waals surface area contributed by atoms with Gasteiger partial charge in [0.1, 0.15) is 24.4 Å². The summed E-state index contributed by atoms with van der Waals surface area (Å²) in [5, 5.41) is 20.7. The second kappa shape index (κ2) is 10.4. The minimum absolute atomic E-state index is 0.0657. The van der Waals surface area contributed by atoms with E-state index < -0.39 is 40.7 Å². The van der Waals surface area contributed by atoms with Crippen molar-refractivity contribution in [2.45, 2.75) is 82.6 Å². The summed E-state index contributed by atoms with van der Waals surface area (Å²) < 4.78 is 29.1. The Morgan fingerprint density at radius 1 is 1.34 bits per heavy atom. The van der Waals surface area contributed by atoms with Gasteiger partial charge in [0, 0.05) is 29.4 Å². The third-order valence-corrected chi connectivity index (χ3v) is 9.33. The molecule has 5 aliphatic rings. The van der Waals surface area contributed by atoms with Crippen molar-refractivity contribution in [3.63, 3.8) is 0 Å². The molecule has 3 heterocycles. The number of carbonyl (C=O) groups is 2. The maximum absolute atomic E-state index is 12.9. The number of hydrogen-bond acceptors (Lipinski definition) is 9. The monoisotopic (exact) mass is 530 g/mol. The molecule has 0 aromatic carbocycles. The van der Waals surface area contributed by atoms with Crippen molar-refractivity contribution in [2.24, 2.45) is 10.8 Å². The summed E-state index contributed by atoms with van der Waals surface area (Å²) in [7, 11) is 0. The Bertz CT molecular complexity index is 1070. The maximum atomic E-state index is 12.9. The molecule has 2 N–H and O–H groups in total. The summed E-state index contributed by atoms with van der Waals surface area (Å²) in [5.74, 6) is -0.827. The first-order chi connectivity index (χ1) is 18.1. The lowest BCUT2D eigenvalue weighted by Crippen LogP contribution is -2.66. The Morgan fingerprint density at radius 2 is 2.13 bits per heavy atom. The fourth-order valence-corrected chi connectivity index (χ4v) is 6.89. The highest BCUT2D eigenvalue weighted by molar-refractivity contribution is 5.85. The Hall–Kier alpha value is -2.30. The van der Waals surface area contributed by atoms with E-state index >= 15 is 0 Å². The van der Waals surface area contributed by atoms with Crippen molar-refractivity contribution in [1.29, 1.82) is 0 Å². The zero-order valence-corrected chi connectivity index (χ0v) is 22.3. The van der Waals surface area contributed by atoms with E-state index in [2.05, 4.69) is 19.9 Å². The highest BCUT2D eigenvalue weighted by Gasteiger charge is 2.82. The fraction of sp³-hybridized carbons (Fsp3) is 0.655. The number of epoxide rings is 1. The molecule has 2 saturated heterocycles. The average molecular weight is 531 g/mol. The smallest absolute Gasteiger partial charge is 0.331 e. The van der Waals surface area contributed by atoms with Crippen LogP contribution in [0, 0.1) is 10.8 Å². The minimum Gasteiger partial charge on any atom is -0.458 e. The molecule has 3 aliphatic heterocycles. The number of aliphatic hydroxyl groups is 2. The van der Waals surface area contributed by atoms with Crippen LogP contribution < -0.4 is 0 Å². The molecule has 3 fully saturated rings. The van der Waals surface area contributed by atoms with Gasteiger partial charge in [0.05, 0.1) is 38.1 Å². The van der Waals surface area contributed by atoms with Crippen molar-refractivity contribution in [2.75, 3.05) is 26.4 Å². The zero-order chi connectivity index (χ0) is 27.1. The van der Waals surface area contributed by atoms with E-state index in [0.717, 1.165) is 18.4 Å². The van der Waals surface area contributed by atoms with E-state index in [9.17, 15) is 19.8 Å². The van der Waals surface area contributed by atoms with Crippen LogP contribution in [0.5, 0.6) is 0 Å². The fourth-order valence-electron chi connectivity index (χ4n) is 6.89. The van der Waals surface area contributed by atoms with Crippen molar-refractivity contribution >= 4 is 11.9 Å². The molecule has 5 rings (SSSR count). The maximum Gasteiger partial charge on any atom is 0.331 e. The summed E-state index contributed by atoms with van der Waals surface area (Å²) in [6, 6.07) is 0. The predicted octanol–water partition coefficient (Wildman–Crippen LogP) is 2.32. The Morgan fingerprint density at radius 3 is 2.79 bits per heavy atom. The van der Waals surface area contributed by atoms with Crippen molar-refractivity contribution in [3.8, 4) is 0 Å². The third kappa shape index (κ3) is 4.48. The molecule has 0 radical (unpaired) electrons. The molecule has 2 aliphatic carbocycles. The minimum atomic E-state index is -0.759. The molecular weight excluding hydrogens is 492 g/mol. The van der Waals surface area contributed by atoms with E-state index in [1.54, 1.807) is 25.2 Å². The Labute approximate surface area is 223 Å². The van der Waals surface area contributed by atoms with Crippen LogP contribution >= 0.6 is 0 Å². The van der Waals surface area contributed by atoms with Crippen molar-refractivity contribution in [1.82, 2.24) is 0 Å². The second-order valence-corrected chi connectivity index (χ2v) is 11.4. The molecule has 0 aromatic heterocycles. The van der Waals surface area contributed by atoms with E-state index in [1.165, 1.54) is 17.7 Å². The van der Waals surface area contributed by atoms with Crippen LogP contribution in [-0.4, -0.2) is 84.7 Å². The third-order valence-electron chi connectivity index (χ3n) is 9.33. The van der Waals surface area contributed by atoms with Gasteiger partial charge in [-0.05, 0) is 38.7 Å². The molecule has 9 nitrogen and oxygen atoms in total. The molecule has 208 valence electrons. The lowest BCUT2D eigenvalue weighted by atomic mass is 9.51. The van der Waals surface area contributed by atoms with Crippen LogP contribution in [0.4, 0.5) is 0 Å². The Kier molecular flexibility index (Phi) is 7.43. The Balaban J connectivity index is 1.21. The number of cyclic esters (lactones) is 1. The van der Waals surface area contributed by atoms with E-state index in [0.29, 0.717) is 26.1 Å². The molecule has 0 amide bonds. The SMILES string of the molecule is CC1=C[C@H]2O[C@@H]3C[C@@H](OC(=O)/C=C\C=C\[C@@H](OCCC4=CC(=O)OC4)[C@@H](C)O)[C@](C)([C@@]2(CO)CC1)[C@@]31CO1. The van der Waals surface area contributed by atoms with E-state index in [4.69, 9.17) is 23.7 Å². The van der Waals surface area contributed by atoms with Crippen molar-refractivity contribution < 1.29 is 43.5 Å². The molecule has 0 aromatic rings. The topological polar surface area (TPSA) is 124 Å². The second-order valence-electron chi connectivity index (χ2n) is 11.4. The van der Waals surface area contributed by atoms with Gasteiger partial charge in [-0.25, -0.2) is 9.59 Å². The normalized spacial score (nSPS) is 39.2. The van der Waals surface area contributed by atoms with Gasteiger partial charge in [0.15, 0.2) is 0 Å². The lowest BCUT2D eigenvalue weighted by molar-refractivity contribution is -0.228. The number of ether oxygens (including phenoxy) is 5. The highest BCUT2D eigenvalue weighted by Crippen LogP contribution is 2.71. The molecule has 2 bridgehead atoms. The van der Waals surface area contributed by atoms with E-state index in [-0.39, 0.29) is 31.4 Å². The van der Waals surface area contributed by atoms with Crippen LogP contribution in [0.1, 0.15) is 46.5 Å². The number of hydrogen-bond donors (Lipinski definition) is 2. The number of allylic oxidation sites excluding steroid dienone is 3. The summed E-state index contributed by atoms with van der Waals surface area (Å²) >= 11 is 0. The summed E-state index contributed by atoms with van der Waals surface area (Å²) in [6.45, 7) is 6.87. The van der Waals surface area contributed by atoms with Crippen LogP contribution in [0.3, 0.4) is 0 Å². The largest absolute Gasteiger partial charge is 0.458 e. The first-order valence-corrected chi connectivity index (χ1v) is 13.4. The van der Waals surface area contributed by atoms with Gasteiger partial charge in [-0.15, -0.1) is 0 Å². The van der Waals surface area contributed by atoms with Crippen LogP contribution in [-0.2, 0) is 33.3 Å². The molecule has 38 heavy (non-hydrogen) atoms. The quantitative estimate of drug-likeness (QED) is 0.144. The molecule has 8 atom stereocenters. The first-order valence-electron chi connectivity index (χ1n) is 13.4. The number of fused-ring (bicyclic) bond motifs is 2. The van der Waals surface area contributed by atoms with Gasteiger partial charge in [-0.3, -0.25) is 0 Å². The zero-order valence-electron chi connectivity index (χ0n) is 22.3. The van der Waals surface area contributed by atoms with Crippen molar-refractivity contribution in [3.05, 3.63) is 47.6 Å². The first kappa shape index (κ1) is 27.3. The van der Waals surface area contributed by atoms with E-state index in [1.807, 2.05) is 0 Å². The van der Waals surface area contributed by atoms with Crippen LogP contribution in [0.2, 0.25) is 0 Å². The van der Waals surface area contributed by atoms with Gasteiger partial charge in [-0.1, -0.05) is 36.8 Å². The molecular formula is C29H38O9. The molecule has 1 saturated carbocycles. The predicted molar refractivity (Wildman–Crippen MR) is 136 cm³/mol. The number of aliphatic hydroxyl groups excluding tert-OH is 2. The van der Waals surface area contributed by atoms with Gasteiger partial charge < -0.3 is 33.9 Å². The highest BCUT2D eigenvalue weighted by atomic mass is 16.6. The van der Waals surface area contributed by atoms with Gasteiger partial charge >= 0.3 is 11.9 Å². The lowest BCUT2D eigenvalue weighted by Gasteiger charge is -2.58. The number of carbonyl (C=O) groups excluding carboxylic acids is 2. The summed E-state index contributed by atoms with van der Waals surface area (Å²) in [6.07, 6.45) is 10.3.